The molecule has 0 atom stereocenters. The number of amides is 1. The lowest BCUT2D eigenvalue weighted by atomic mass is 10.1. The van der Waals surface area contributed by atoms with E-state index in [1.165, 1.54) is 11.3 Å². The van der Waals surface area contributed by atoms with Crippen LogP contribution < -0.4 is 5.32 Å². The Hall–Kier alpha value is -1.79. The Balaban J connectivity index is 1.80. The second-order valence-corrected chi connectivity index (χ2v) is 5.59. The minimum Gasteiger partial charge on any atom is -0.375 e. The van der Waals surface area contributed by atoms with Gasteiger partial charge in [-0.3, -0.25) is 15.1 Å². The van der Waals surface area contributed by atoms with Gasteiger partial charge in [0.15, 0.2) is 5.13 Å². The smallest absolute Gasteiger partial charge is 0.276 e. The molecule has 1 aliphatic heterocycles. The minimum absolute atomic E-state index is 0.200. The molecule has 0 aromatic carbocycles. The number of aromatic nitrogens is 2. The molecule has 0 spiro atoms. The van der Waals surface area contributed by atoms with Gasteiger partial charge in [-0.15, -0.1) is 0 Å². The van der Waals surface area contributed by atoms with Gasteiger partial charge in [0.05, 0.1) is 23.8 Å². The van der Waals surface area contributed by atoms with Crippen molar-refractivity contribution in [2.24, 2.45) is 0 Å². The highest BCUT2D eigenvalue weighted by atomic mass is 32.1. The molecule has 1 aliphatic rings. The van der Waals surface area contributed by atoms with Crippen LogP contribution in [0.15, 0.2) is 18.3 Å². The zero-order valence-electron chi connectivity index (χ0n) is 11.2. The number of ether oxygens (including phenoxy) is 1. The SMILES string of the molecule is CCc1cccnc1C(=O)Nc1nc2c(s1)COCC2. The van der Waals surface area contributed by atoms with Crippen LogP contribution >= 0.6 is 11.3 Å². The maximum Gasteiger partial charge on any atom is 0.276 e. The fourth-order valence-corrected chi connectivity index (χ4v) is 3.10. The lowest BCUT2D eigenvalue weighted by Crippen LogP contribution is -2.15. The van der Waals surface area contributed by atoms with Crippen molar-refractivity contribution in [3.63, 3.8) is 0 Å². The summed E-state index contributed by atoms with van der Waals surface area (Å²) >= 11 is 1.48. The predicted octanol–water partition coefficient (Wildman–Crippen LogP) is 2.43. The molecule has 1 amide bonds. The largest absolute Gasteiger partial charge is 0.375 e. The van der Waals surface area contributed by atoms with Crippen molar-refractivity contribution in [3.8, 4) is 0 Å². The molecular formula is C14H15N3O2S. The summed E-state index contributed by atoms with van der Waals surface area (Å²) in [6.45, 7) is 3.30. The quantitative estimate of drug-likeness (QED) is 0.942. The van der Waals surface area contributed by atoms with Crippen LogP contribution in [0.1, 0.15) is 33.5 Å². The number of thiazole rings is 1. The highest BCUT2D eigenvalue weighted by molar-refractivity contribution is 7.15. The zero-order chi connectivity index (χ0) is 13.9. The Kier molecular flexibility index (Phi) is 3.75. The highest BCUT2D eigenvalue weighted by Crippen LogP contribution is 2.27. The monoisotopic (exact) mass is 289 g/mol. The molecule has 0 aliphatic carbocycles. The van der Waals surface area contributed by atoms with Crippen LogP contribution in [0, 0.1) is 0 Å². The molecule has 1 N–H and O–H groups in total. The summed E-state index contributed by atoms with van der Waals surface area (Å²) < 4.78 is 5.38. The Morgan fingerprint density at radius 2 is 2.45 bits per heavy atom. The number of carbonyl (C=O) groups is 1. The van der Waals surface area contributed by atoms with E-state index in [1.807, 2.05) is 19.1 Å². The molecule has 2 aromatic heterocycles. The first-order valence-corrected chi connectivity index (χ1v) is 7.41. The van der Waals surface area contributed by atoms with Crippen molar-refractivity contribution < 1.29 is 9.53 Å². The Morgan fingerprint density at radius 3 is 3.25 bits per heavy atom. The van der Waals surface area contributed by atoms with Gasteiger partial charge < -0.3 is 4.74 Å². The van der Waals surface area contributed by atoms with Crippen molar-refractivity contribution in [1.29, 1.82) is 0 Å². The third kappa shape index (κ3) is 2.57. The van der Waals surface area contributed by atoms with E-state index in [0.29, 0.717) is 24.0 Å². The number of rotatable bonds is 3. The molecule has 0 saturated carbocycles. The second kappa shape index (κ2) is 5.68. The van der Waals surface area contributed by atoms with E-state index in [9.17, 15) is 4.79 Å². The number of hydrogen-bond donors (Lipinski definition) is 1. The average molecular weight is 289 g/mol. The van der Waals surface area contributed by atoms with Crippen molar-refractivity contribution in [3.05, 3.63) is 40.2 Å². The molecule has 2 aromatic rings. The predicted molar refractivity (Wildman–Crippen MR) is 77.0 cm³/mol. The number of nitrogens with one attached hydrogen (secondary N) is 1. The number of nitrogens with zero attached hydrogens (tertiary/aromatic N) is 2. The van der Waals surface area contributed by atoms with Gasteiger partial charge in [-0.1, -0.05) is 24.3 Å². The summed E-state index contributed by atoms with van der Waals surface area (Å²) in [5.74, 6) is -0.200. The summed E-state index contributed by atoms with van der Waals surface area (Å²) in [7, 11) is 0. The van der Waals surface area contributed by atoms with Crippen LogP contribution in [0.3, 0.4) is 0 Å². The molecule has 0 bridgehead atoms. The molecule has 104 valence electrons. The number of aryl methyl sites for hydroxylation is 1. The van der Waals surface area contributed by atoms with E-state index in [0.717, 1.165) is 29.0 Å². The third-order valence-corrected chi connectivity index (χ3v) is 4.19. The standard InChI is InChI=1S/C14H15N3O2S/c1-2-9-4-3-6-15-12(9)13(18)17-14-16-10-5-7-19-8-11(10)20-14/h3-4,6H,2,5,7-8H2,1H3,(H,16,17,18). The van der Waals surface area contributed by atoms with Gasteiger partial charge in [0.1, 0.15) is 5.69 Å². The molecule has 3 heterocycles. The lowest BCUT2D eigenvalue weighted by molar-refractivity contribution is 0.102. The first kappa shape index (κ1) is 13.2. The van der Waals surface area contributed by atoms with Crippen molar-refractivity contribution in [2.45, 2.75) is 26.4 Å². The molecular weight excluding hydrogens is 274 g/mol. The van der Waals surface area contributed by atoms with Gasteiger partial charge in [0.25, 0.3) is 5.91 Å². The lowest BCUT2D eigenvalue weighted by Gasteiger charge is -2.08. The van der Waals surface area contributed by atoms with Crippen molar-refractivity contribution in [2.75, 3.05) is 11.9 Å². The first-order valence-electron chi connectivity index (χ1n) is 6.59. The summed E-state index contributed by atoms with van der Waals surface area (Å²) in [6.07, 6.45) is 3.22. The number of pyridine rings is 1. The van der Waals surface area contributed by atoms with E-state index >= 15 is 0 Å². The minimum atomic E-state index is -0.200. The van der Waals surface area contributed by atoms with E-state index < -0.39 is 0 Å². The molecule has 6 heteroatoms. The van der Waals surface area contributed by atoms with Gasteiger partial charge >= 0.3 is 0 Å². The summed E-state index contributed by atoms with van der Waals surface area (Å²) in [5, 5.41) is 3.46. The highest BCUT2D eigenvalue weighted by Gasteiger charge is 2.18. The summed E-state index contributed by atoms with van der Waals surface area (Å²) in [6, 6.07) is 3.76. The molecule has 0 radical (unpaired) electrons. The molecule has 20 heavy (non-hydrogen) atoms. The molecule has 5 nitrogen and oxygen atoms in total. The van der Waals surface area contributed by atoms with E-state index in [2.05, 4.69) is 15.3 Å². The van der Waals surface area contributed by atoms with Gasteiger partial charge in [-0.05, 0) is 18.1 Å². The number of carbonyl (C=O) groups excluding carboxylic acids is 1. The van der Waals surface area contributed by atoms with Crippen molar-refractivity contribution >= 4 is 22.4 Å². The fraction of sp³-hybridized carbons (Fsp3) is 0.357. The Bertz CT molecular complexity index is 616. The Morgan fingerprint density at radius 1 is 1.55 bits per heavy atom. The van der Waals surface area contributed by atoms with Crippen molar-refractivity contribution in [1.82, 2.24) is 9.97 Å². The van der Waals surface area contributed by atoms with Crippen LogP contribution in [0.25, 0.3) is 0 Å². The molecule has 3 rings (SSSR count). The molecule has 0 unspecified atom stereocenters. The molecule has 0 fully saturated rings. The summed E-state index contributed by atoms with van der Waals surface area (Å²) in [5.41, 5.74) is 2.45. The van der Waals surface area contributed by atoms with E-state index in [-0.39, 0.29) is 5.91 Å². The van der Waals surface area contributed by atoms with Crippen LogP contribution in [0.2, 0.25) is 0 Å². The van der Waals surface area contributed by atoms with Crippen LogP contribution in [0.5, 0.6) is 0 Å². The van der Waals surface area contributed by atoms with Crippen LogP contribution in [-0.2, 0) is 24.2 Å². The Labute approximate surface area is 121 Å². The number of hydrogen-bond acceptors (Lipinski definition) is 5. The third-order valence-electron chi connectivity index (χ3n) is 3.20. The maximum atomic E-state index is 12.3. The molecule has 0 saturated heterocycles. The van der Waals surface area contributed by atoms with Gasteiger partial charge in [0.2, 0.25) is 0 Å². The van der Waals surface area contributed by atoms with Gasteiger partial charge in [0, 0.05) is 12.6 Å². The van der Waals surface area contributed by atoms with Crippen LogP contribution in [0.4, 0.5) is 5.13 Å². The topological polar surface area (TPSA) is 64.1 Å². The normalized spacial score (nSPS) is 13.8. The average Bonchev–Trinajstić information content (AvgIpc) is 2.89. The second-order valence-electron chi connectivity index (χ2n) is 4.51. The zero-order valence-corrected chi connectivity index (χ0v) is 12.0. The fourth-order valence-electron chi connectivity index (χ4n) is 2.16. The number of fused-ring (bicyclic) bond motifs is 1. The van der Waals surface area contributed by atoms with E-state index in [4.69, 9.17) is 4.74 Å². The van der Waals surface area contributed by atoms with Gasteiger partial charge in [-0.25, -0.2) is 4.98 Å². The first-order chi connectivity index (χ1) is 9.78. The number of anilines is 1. The maximum absolute atomic E-state index is 12.3. The van der Waals surface area contributed by atoms with Crippen LogP contribution in [-0.4, -0.2) is 22.5 Å². The van der Waals surface area contributed by atoms with Gasteiger partial charge in [-0.2, -0.15) is 0 Å². The van der Waals surface area contributed by atoms with E-state index in [1.54, 1.807) is 6.20 Å². The summed E-state index contributed by atoms with van der Waals surface area (Å²) in [4.78, 5) is 22.0.